The van der Waals surface area contributed by atoms with Crippen LogP contribution in [0.3, 0.4) is 0 Å². The van der Waals surface area contributed by atoms with Crippen LogP contribution in [0.5, 0.6) is 5.75 Å². The summed E-state index contributed by atoms with van der Waals surface area (Å²) in [6, 6.07) is 12.3. The molecule has 5 nitrogen and oxygen atoms in total. The first-order valence-corrected chi connectivity index (χ1v) is 7.90. The number of ether oxygens (including phenoxy) is 1. The molecule has 0 radical (unpaired) electrons. The minimum Gasteiger partial charge on any atom is -0.479 e. The molecule has 0 fully saturated rings. The van der Waals surface area contributed by atoms with E-state index in [2.05, 4.69) is 21.2 Å². The van der Waals surface area contributed by atoms with Crippen LogP contribution in [0.25, 0.3) is 0 Å². The summed E-state index contributed by atoms with van der Waals surface area (Å²) in [6.45, 7) is 1.71. The number of carbonyl (C=O) groups is 2. The molecule has 23 heavy (non-hydrogen) atoms. The first kappa shape index (κ1) is 15.6. The fourth-order valence-corrected chi connectivity index (χ4v) is 2.66. The number of carbonyl (C=O) groups excluding carboxylic acids is 2. The SMILES string of the molecule is C[C@@H]1Oc2ccc(NC(=O)c3ccc(Br)cc3)cc2N(C)C1=O. The Morgan fingerprint density at radius 3 is 2.61 bits per heavy atom. The Bertz CT molecular complexity index is 774. The molecular formula is C17H15BrN2O3. The standard InChI is InChI=1S/C17H15BrN2O3/c1-10-17(22)20(2)14-9-13(7-8-15(14)23-10)19-16(21)11-3-5-12(18)6-4-11/h3-10H,1-2H3,(H,19,21)/t10-/m0/s1. The molecule has 2 aromatic rings. The number of nitrogens with zero attached hydrogens (tertiary/aromatic N) is 1. The summed E-state index contributed by atoms with van der Waals surface area (Å²) < 4.78 is 6.47. The molecule has 3 rings (SSSR count). The largest absolute Gasteiger partial charge is 0.479 e. The molecule has 1 N–H and O–H groups in total. The lowest BCUT2D eigenvalue weighted by Crippen LogP contribution is -2.41. The first-order valence-electron chi connectivity index (χ1n) is 7.11. The van der Waals surface area contributed by atoms with Crippen molar-refractivity contribution in [2.45, 2.75) is 13.0 Å². The van der Waals surface area contributed by atoms with Crippen molar-refractivity contribution in [3.05, 3.63) is 52.5 Å². The van der Waals surface area contributed by atoms with E-state index in [0.29, 0.717) is 22.7 Å². The Morgan fingerprint density at radius 2 is 1.91 bits per heavy atom. The van der Waals surface area contributed by atoms with Gasteiger partial charge in [0, 0.05) is 22.8 Å². The third kappa shape index (κ3) is 3.07. The van der Waals surface area contributed by atoms with E-state index in [9.17, 15) is 9.59 Å². The molecule has 1 aliphatic rings. The fourth-order valence-electron chi connectivity index (χ4n) is 2.39. The quantitative estimate of drug-likeness (QED) is 0.875. The molecule has 0 aromatic heterocycles. The van der Waals surface area contributed by atoms with Gasteiger partial charge in [0.1, 0.15) is 5.75 Å². The van der Waals surface area contributed by atoms with Gasteiger partial charge in [-0.25, -0.2) is 0 Å². The van der Waals surface area contributed by atoms with Gasteiger partial charge in [0.15, 0.2) is 6.10 Å². The fraction of sp³-hybridized carbons (Fsp3) is 0.176. The molecule has 0 spiro atoms. The number of benzene rings is 2. The highest BCUT2D eigenvalue weighted by atomic mass is 79.9. The van der Waals surface area contributed by atoms with E-state index in [-0.39, 0.29) is 11.8 Å². The molecule has 118 valence electrons. The average molecular weight is 375 g/mol. The molecule has 0 saturated carbocycles. The van der Waals surface area contributed by atoms with Crippen LogP contribution < -0.4 is 15.0 Å². The maximum absolute atomic E-state index is 12.3. The number of anilines is 2. The highest BCUT2D eigenvalue weighted by molar-refractivity contribution is 9.10. The topological polar surface area (TPSA) is 58.6 Å². The number of likely N-dealkylation sites (N-methyl/N-ethyl adjacent to an activating group) is 1. The number of rotatable bonds is 2. The van der Waals surface area contributed by atoms with Gasteiger partial charge in [-0.1, -0.05) is 15.9 Å². The summed E-state index contributed by atoms with van der Waals surface area (Å²) in [5.41, 5.74) is 1.80. The number of fused-ring (bicyclic) bond motifs is 1. The van der Waals surface area contributed by atoms with Gasteiger partial charge >= 0.3 is 0 Å². The average Bonchev–Trinajstić information content (AvgIpc) is 2.54. The third-order valence-electron chi connectivity index (χ3n) is 3.67. The van der Waals surface area contributed by atoms with Gasteiger partial charge in [-0.3, -0.25) is 9.59 Å². The Labute approximate surface area is 142 Å². The molecule has 0 unspecified atom stereocenters. The predicted molar refractivity (Wildman–Crippen MR) is 92.0 cm³/mol. The molecular weight excluding hydrogens is 360 g/mol. The maximum Gasteiger partial charge on any atom is 0.267 e. The van der Waals surface area contributed by atoms with Crippen molar-refractivity contribution in [2.75, 3.05) is 17.3 Å². The Hall–Kier alpha value is -2.34. The van der Waals surface area contributed by atoms with Crippen molar-refractivity contribution in [1.29, 1.82) is 0 Å². The van der Waals surface area contributed by atoms with E-state index in [1.165, 1.54) is 0 Å². The van der Waals surface area contributed by atoms with E-state index in [0.717, 1.165) is 4.47 Å². The van der Waals surface area contributed by atoms with Gasteiger partial charge in [-0.2, -0.15) is 0 Å². The smallest absolute Gasteiger partial charge is 0.267 e. The molecule has 0 bridgehead atoms. The summed E-state index contributed by atoms with van der Waals surface area (Å²) >= 11 is 3.34. The zero-order valence-corrected chi connectivity index (χ0v) is 14.3. The number of hydrogen-bond donors (Lipinski definition) is 1. The first-order chi connectivity index (χ1) is 11.0. The van der Waals surface area contributed by atoms with Crippen LogP contribution >= 0.6 is 15.9 Å². The van der Waals surface area contributed by atoms with Crippen molar-refractivity contribution in [3.63, 3.8) is 0 Å². The number of amides is 2. The van der Waals surface area contributed by atoms with Crippen LogP contribution in [-0.4, -0.2) is 25.0 Å². The summed E-state index contributed by atoms with van der Waals surface area (Å²) in [7, 11) is 1.69. The lowest BCUT2D eigenvalue weighted by Gasteiger charge is -2.30. The van der Waals surface area contributed by atoms with Crippen LogP contribution in [0.1, 0.15) is 17.3 Å². The summed E-state index contributed by atoms with van der Waals surface area (Å²) in [5.74, 6) is 0.298. The Balaban J connectivity index is 1.83. The zero-order chi connectivity index (χ0) is 16.6. The number of hydrogen-bond acceptors (Lipinski definition) is 3. The molecule has 1 atom stereocenters. The van der Waals surface area contributed by atoms with Crippen molar-refractivity contribution in [2.24, 2.45) is 0 Å². The van der Waals surface area contributed by atoms with Gasteiger partial charge < -0.3 is 15.0 Å². The second-order valence-electron chi connectivity index (χ2n) is 5.30. The lowest BCUT2D eigenvalue weighted by molar-refractivity contribution is -0.125. The normalized spacial score (nSPS) is 16.6. The van der Waals surface area contributed by atoms with Crippen LogP contribution in [0.2, 0.25) is 0 Å². The van der Waals surface area contributed by atoms with Crippen molar-refractivity contribution >= 4 is 39.1 Å². The van der Waals surface area contributed by atoms with Crippen LogP contribution in [-0.2, 0) is 4.79 Å². The van der Waals surface area contributed by atoms with Gasteiger partial charge in [0.2, 0.25) is 0 Å². The lowest BCUT2D eigenvalue weighted by atomic mass is 10.1. The van der Waals surface area contributed by atoms with E-state index >= 15 is 0 Å². The van der Waals surface area contributed by atoms with Crippen molar-refractivity contribution < 1.29 is 14.3 Å². The molecule has 0 saturated heterocycles. The number of nitrogens with one attached hydrogen (secondary N) is 1. The molecule has 6 heteroatoms. The van der Waals surface area contributed by atoms with E-state index in [4.69, 9.17) is 4.74 Å². The van der Waals surface area contributed by atoms with E-state index < -0.39 is 6.10 Å². The van der Waals surface area contributed by atoms with Crippen LogP contribution in [0.15, 0.2) is 46.9 Å². The summed E-state index contributed by atoms with van der Waals surface area (Å²) in [5, 5.41) is 2.83. The van der Waals surface area contributed by atoms with Gasteiger partial charge in [0.05, 0.1) is 5.69 Å². The highest BCUT2D eigenvalue weighted by Gasteiger charge is 2.29. The predicted octanol–water partition coefficient (Wildman–Crippen LogP) is 3.45. The third-order valence-corrected chi connectivity index (χ3v) is 4.20. The molecule has 2 amide bonds. The minimum atomic E-state index is -0.504. The molecule has 1 heterocycles. The maximum atomic E-state index is 12.3. The van der Waals surface area contributed by atoms with Crippen LogP contribution in [0, 0.1) is 0 Å². The number of halogens is 1. The molecule has 2 aromatic carbocycles. The summed E-state index contributed by atoms with van der Waals surface area (Å²) in [4.78, 5) is 25.8. The Kier molecular flexibility index (Phi) is 4.09. The monoisotopic (exact) mass is 374 g/mol. The van der Waals surface area contributed by atoms with Crippen molar-refractivity contribution in [1.82, 2.24) is 0 Å². The van der Waals surface area contributed by atoms with Gasteiger partial charge in [-0.15, -0.1) is 0 Å². The second kappa shape index (κ2) is 6.04. The zero-order valence-electron chi connectivity index (χ0n) is 12.7. The molecule has 1 aliphatic heterocycles. The van der Waals surface area contributed by atoms with Gasteiger partial charge in [-0.05, 0) is 49.4 Å². The van der Waals surface area contributed by atoms with Crippen molar-refractivity contribution in [3.8, 4) is 5.75 Å². The summed E-state index contributed by atoms with van der Waals surface area (Å²) in [6.07, 6.45) is -0.504. The van der Waals surface area contributed by atoms with Crippen LogP contribution in [0.4, 0.5) is 11.4 Å². The minimum absolute atomic E-state index is 0.117. The van der Waals surface area contributed by atoms with E-state index in [1.54, 1.807) is 49.2 Å². The Morgan fingerprint density at radius 1 is 1.22 bits per heavy atom. The van der Waals surface area contributed by atoms with Gasteiger partial charge in [0.25, 0.3) is 11.8 Å². The van der Waals surface area contributed by atoms with E-state index in [1.807, 2.05) is 12.1 Å². The highest BCUT2D eigenvalue weighted by Crippen LogP contribution is 2.35. The molecule has 0 aliphatic carbocycles. The second-order valence-corrected chi connectivity index (χ2v) is 6.22.